The number of aromatic hydroxyl groups is 1. The summed E-state index contributed by atoms with van der Waals surface area (Å²) >= 11 is 3.28. The first-order chi connectivity index (χ1) is 9.25. The van der Waals surface area contributed by atoms with Crippen LogP contribution in [0.3, 0.4) is 0 Å². The molecule has 0 unspecified atom stereocenters. The molecule has 1 heterocycles. The second kappa shape index (κ2) is 5.33. The third-order valence-electron chi connectivity index (χ3n) is 2.83. The number of hydrogen-bond donors (Lipinski definition) is 2. The molecule has 0 aliphatic carbocycles. The summed E-state index contributed by atoms with van der Waals surface area (Å²) in [7, 11) is 0. The number of aromatic nitrogens is 2. The van der Waals surface area contributed by atoms with Crippen LogP contribution in [0.4, 0.5) is 5.69 Å². The van der Waals surface area contributed by atoms with E-state index in [1.54, 1.807) is 0 Å². The van der Waals surface area contributed by atoms with E-state index < -0.39 is 0 Å². The van der Waals surface area contributed by atoms with Crippen LogP contribution in [-0.2, 0) is 6.54 Å². The fraction of sp³-hybridized carbons (Fsp3) is 0.0769. The van der Waals surface area contributed by atoms with Gasteiger partial charge in [-0.3, -0.25) is 0 Å². The Morgan fingerprint density at radius 3 is 2.89 bits per heavy atom. The van der Waals surface area contributed by atoms with Crippen molar-refractivity contribution >= 4 is 47.6 Å². The maximum absolute atomic E-state index is 9.94. The van der Waals surface area contributed by atoms with Crippen LogP contribution in [0.1, 0.15) is 5.56 Å². The zero-order valence-corrected chi connectivity index (χ0v) is 13.1. The summed E-state index contributed by atoms with van der Waals surface area (Å²) in [5, 5.41) is 13.2. The fourth-order valence-corrected chi connectivity index (χ4v) is 3.40. The number of benzene rings is 2. The quantitative estimate of drug-likeness (QED) is 0.684. The average molecular weight is 383 g/mol. The molecule has 0 radical (unpaired) electrons. The number of anilines is 1. The molecule has 0 aliphatic rings. The Morgan fingerprint density at radius 1 is 1.16 bits per heavy atom. The molecular weight excluding hydrogens is 373 g/mol. The number of phenols is 1. The van der Waals surface area contributed by atoms with Crippen LogP contribution >= 0.6 is 15.9 Å². The molecule has 0 saturated carbocycles. The molecule has 96 valence electrons. The zero-order valence-electron chi connectivity index (χ0n) is 9.80. The predicted molar refractivity (Wildman–Crippen MR) is 79.6 cm³/mol. The van der Waals surface area contributed by atoms with Gasteiger partial charge < -0.3 is 0 Å². The first-order valence-electron chi connectivity index (χ1n) is 5.67. The van der Waals surface area contributed by atoms with Crippen LogP contribution in [0, 0.1) is 0 Å². The summed E-state index contributed by atoms with van der Waals surface area (Å²) in [5.41, 5.74) is 3.67. The molecule has 0 saturated heterocycles. The van der Waals surface area contributed by atoms with Gasteiger partial charge in [0, 0.05) is 0 Å². The van der Waals surface area contributed by atoms with E-state index in [0.717, 1.165) is 22.3 Å². The van der Waals surface area contributed by atoms with Gasteiger partial charge in [0.1, 0.15) is 0 Å². The van der Waals surface area contributed by atoms with Gasteiger partial charge in [-0.05, 0) is 0 Å². The Hall–Kier alpha value is -1.36. The molecule has 0 aliphatic heterocycles. The standard InChI is InChI=1S/C13H10BrN3OSe/c14-9-4-1-3-8(13(9)18)7-15-10-5-2-6-11-12(10)17-19-16-11/h1-6,15,18H,7H2. The van der Waals surface area contributed by atoms with E-state index in [4.69, 9.17) is 0 Å². The van der Waals surface area contributed by atoms with Gasteiger partial charge in [-0.2, -0.15) is 0 Å². The summed E-state index contributed by atoms with van der Waals surface area (Å²) in [6.45, 7) is 0.546. The number of para-hydroxylation sites is 1. The third-order valence-corrected chi connectivity index (χ3v) is 4.60. The third kappa shape index (κ3) is 2.52. The number of halogens is 1. The molecule has 0 atom stereocenters. The first kappa shape index (κ1) is 12.7. The van der Waals surface area contributed by atoms with Crippen molar-refractivity contribution in [3.8, 4) is 5.75 Å². The topological polar surface area (TPSA) is 58.0 Å². The van der Waals surface area contributed by atoms with Gasteiger partial charge in [-0.1, -0.05) is 0 Å². The van der Waals surface area contributed by atoms with Gasteiger partial charge in [-0.15, -0.1) is 0 Å². The van der Waals surface area contributed by atoms with Gasteiger partial charge >= 0.3 is 125 Å². The Labute approximate surface area is 124 Å². The average Bonchev–Trinajstić information content (AvgIpc) is 2.89. The minimum atomic E-state index is -0.0297. The molecule has 6 heteroatoms. The molecule has 3 aromatic rings. The van der Waals surface area contributed by atoms with E-state index in [9.17, 15) is 5.11 Å². The summed E-state index contributed by atoms with van der Waals surface area (Å²) in [4.78, 5) is 0. The van der Waals surface area contributed by atoms with Gasteiger partial charge in [0.2, 0.25) is 0 Å². The van der Waals surface area contributed by atoms with Gasteiger partial charge in [0.25, 0.3) is 0 Å². The number of rotatable bonds is 3. The summed E-state index contributed by atoms with van der Waals surface area (Å²) in [6.07, 6.45) is 0. The molecule has 2 aromatic carbocycles. The molecule has 4 nitrogen and oxygen atoms in total. The Kier molecular flexibility index (Phi) is 3.55. The molecule has 0 bridgehead atoms. The van der Waals surface area contributed by atoms with Gasteiger partial charge in [0.05, 0.1) is 0 Å². The van der Waals surface area contributed by atoms with E-state index in [0.29, 0.717) is 11.0 Å². The van der Waals surface area contributed by atoms with Crippen molar-refractivity contribution in [1.29, 1.82) is 0 Å². The maximum atomic E-state index is 9.94. The first-order valence-corrected chi connectivity index (χ1v) is 8.00. The molecule has 0 fully saturated rings. The number of nitrogens with one attached hydrogen (secondary N) is 1. The number of phenolic OH excluding ortho intramolecular Hbond substituents is 1. The SMILES string of the molecule is Oc1c(Br)cccc1CNc1cccc2n[se]nc12. The minimum absolute atomic E-state index is 0.0297. The second-order valence-corrected chi connectivity index (χ2v) is 6.00. The van der Waals surface area contributed by atoms with E-state index in [-0.39, 0.29) is 20.7 Å². The van der Waals surface area contributed by atoms with Crippen molar-refractivity contribution in [3.05, 3.63) is 46.4 Å². The Morgan fingerprint density at radius 2 is 2.00 bits per heavy atom. The number of fused-ring (bicyclic) bond motifs is 1. The Bertz CT molecular complexity index is 729. The number of hydrogen-bond acceptors (Lipinski definition) is 4. The molecule has 1 aromatic heterocycles. The van der Waals surface area contributed by atoms with Crippen LogP contribution in [0.25, 0.3) is 11.0 Å². The Balaban J connectivity index is 1.86. The van der Waals surface area contributed by atoms with Crippen LogP contribution in [0.2, 0.25) is 0 Å². The summed E-state index contributed by atoms with van der Waals surface area (Å²) in [5.74, 6) is 0.272. The van der Waals surface area contributed by atoms with Crippen LogP contribution in [0.5, 0.6) is 5.75 Å². The summed E-state index contributed by atoms with van der Waals surface area (Å²) in [6, 6.07) is 11.5. The molecular formula is C13H10BrN3OSe. The van der Waals surface area contributed by atoms with Crippen molar-refractivity contribution < 1.29 is 5.11 Å². The molecule has 2 N–H and O–H groups in total. The van der Waals surface area contributed by atoms with Crippen molar-refractivity contribution in [3.63, 3.8) is 0 Å². The van der Waals surface area contributed by atoms with Crippen molar-refractivity contribution in [2.75, 3.05) is 5.32 Å². The zero-order chi connectivity index (χ0) is 13.2. The van der Waals surface area contributed by atoms with Gasteiger partial charge in [-0.25, -0.2) is 0 Å². The molecule has 3 rings (SSSR count). The summed E-state index contributed by atoms with van der Waals surface area (Å²) < 4.78 is 9.46. The van der Waals surface area contributed by atoms with Crippen LogP contribution < -0.4 is 5.32 Å². The normalized spacial score (nSPS) is 10.8. The van der Waals surface area contributed by atoms with Crippen molar-refractivity contribution in [2.45, 2.75) is 6.54 Å². The number of nitrogens with zero attached hydrogens (tertiary/aromatic N) is 2. The van der Waals surface area contributed by atoms with Crippen LogP contribution in [0.15, 0.2) is 40.9 Å². The van der Waals surface area contributed by atoms with Crippen molar-refractivity contribution in [1.82, 2.24) is 7.96 Å². The van der Waals surface area contributed by atoms with Gasteiger partial charge in [0.15, 0.2) is 0 Å². The molecule has 19 heavy (non-hydrogen) atoms. The second-order valence-electron chi connectivity index (χ2n) is 4.04. The fourth-order valence-electron chi connectivity index (χ4n) is 1.84. The van der Waals surface area contributed by atoms with Crippen molar-refractivity contribution in [2.24, 2.45) is 0 Å². The molecule has 0 spiro atoms. The molecule has 0 amide bonds. The predicted octanol–water partition coefficient (Wildman–Crippen LogP) is 2.77. The van der Waals surface area contributed by atoms with E-state index in [1.165, 1.54) is 0 Å². The van der Waals surface area contributed by atoms with E-state index in [1.807, 2.05) is 36.4 Å². The van der Waals surface area contributed by atoms with Crippen LogP contribution in [-0.4, -0.2) is 28.0 Å². The van der Waals surface area contributed by atoms with E-state index in [2.05, 4.69) is 29.2 Å². The monoisotopic (exact) mass is 383 g/mol. The van der Waals surface area contributed by atoms with E-state index >= 15 is 0 Å².